The molecular weight excluding hydrogens is 403 g/mol. The molecule has 2 aromatic carbocycles. The lowest BCUT2D eigenvalue weighted by atomic mass is 10.1. The third-order valence-corrected chi connectivity index (χ3v) is 5.05. The molecule has 0 amide bonds. The van der Waals surface area contributed by atoms with Crippen LogP contribution >= 0.6 is 11.6 Å². The Morgan fingerprint density at radius 3 is 2.52 bits per heavy atom. The Bertz CT molecular complexity index is 1200. The normalized spacial score (nSPS) is 12.1. The third kappa shape index (κ3) is 3.37. The van der Waals surface area contributed by atoms with Crippen LogP contribution in [0.1, 0.15) is 19.4 Å². The van der Waals surface area contributed by atoms with Crippen LogP contribution in [-0.4, -0.2) is 32.9 Å². The van der Waals surface area contributed by atoms with Crippen LogP contribution in [0.25, 0.3) is 27.8 Å². The van der Waals surface area contributed by atoms with E-state index < -0.39 is 11.7 Å². The number of anilines is 1. The highest BCUT2D eigenvalue weighted by atomic mass is 35.5. The SMILES string of the molecule is CCN(CC)c1nc2c(-c3cccc(C(F)(F)F)c3)nnn2c2ccc(Cl)cc12. The average molecular weight is 420 g/mol. The van der Waals surface area contributed by atoms with Crippen LogP contribution in [0.2, 0.25) is 5.02 Å². The Morgan fingerprint density at radius 1 is 1.07 bits per heavy atom. The molecule has 0 saturated carbocycles. The number of fused-ring (bicyclic) bond motifs is 3. The van der Waals surface area contributed by atoms with Crippen molar-refractivity contribution < 1.29 is 13.2 Å². The van der Waals surface area contributed by atoms with Crippen molar-refractivity contribution in [2.24, 2.45) is 0 Å². The van der Waals surface area contributed by atoms with E-state index in [9.17, 15) is 13.2 Å². The standard InChI is InChI=1S/C20H17ClF3N5/c1-3-28(4-2)18-15-11-14(21)8-9-16(15)29-19(25-18)17(26-27-29)12-6-5-7-13(10-12)20(22,23)24/h5-11H,3-4H2,1-2H3. The molecule has 0 unspecified atom stereocenters. The number of nitrogens with zero attached hydrogens (tertiary/aromatic N) is 5. The van der Waals surface area contributed by atoms with Crippen molar-refractivity contribution in [1.82, 2.24) is 19.8 Å². The van der Waals surface area contributed by atoms with Crippen molar-refractivity contribution in [1.29, 1.82) is 0 Å². The van der Waals surface area contributed by atoms with Crippen molar-refractivity contribution in [3.8, 4) is 11.3 Å². The third-order valence-electron chi connectivity index (χ3n) is 4.81. The van der Waals surface area contributed by atoms with Gasteiger partial charge < -0.3 is 4.90 Å². The highest BCUT2D eigenvalue weighted by molar-refractivity contribution is 6.31. The maximum Gasteiger partial charge on any atom is 0.416 e. The van der Waals surface area contributed by atoms with Gasteiger partial charge in [-0.3, -0.25) is 0 Å². The predicted molar refractivity (Wildman–Crippen MR) is 107 cm³/mol. The predicted octanol–water partition coefficient (Wildman–Crippen LogP) is 5.46. The first-order valence-corrected chi connectivity index (χ1v) is 9.48. The second-order valence-corrected chi connectivity index (χ2v) is 6.96. The van der Waals surface area contributed by atoms with Gasteiger partial charge in [0.25, 0.3) is 0 Å². The average Bonchev–Trinajstić information content (AvgIpc) is 3.12. The van der Waals surface area contributed by atoms with Crippen LogP contribution < -0.4 is 4.90 Å². The molecule has 9 heteroatoms. The maximum atomic E-state index is 13.2. The summed E-state index contributed by atoms with van der Waals surface area (Å²) in [5.41, 5.74) is 0.975. The minimum Gasteiger partial charge on any atom is -0.357 e. The summed E-state index contributed by atoms with van der Waals surface area (Å²) in [7, 11) is 0. The van der Waals surface area contributed by atoms with Gasteiger partial charge in [-0.05, 0) is 44.2 Å². The highest BCUT2D eigenvalue weighted by Gasteiger charge is 2.31. The maximum absolute atomic E-state index is 13.2. The molecule has 4 aromatic rings. The summed E-state index contributed by atoms with van der Waals surface area (Å²) in [4.78, 5) is 6.80. The quantitative estimate of drug-likeness (QED) is 0.440. The molecule has 0 atom stereocenters. The van der Waals surface area contributed by atoms with Gasteiger partial charge in [-0.25, -0.2) is 4.98 Å². The number of hydrogen-bond acceptors (Lipinski definition) is 4. The van der Waals surface area contributed by atoms with Crippen LogP contribution in [-0.2, 0) is 6.18 Å². The van der Waals surface area contributed by atoms with E-state index in [-0.39, 0.29) is 0 Å². The van der Waals surface area contributed by atoms with Crippen LogP contribution in [0, 0.1) is 0 Å². The fourth-order valence-corrected chi connectivity index (χ4v) is 3.54. The Labute approximate surface area is 169 Å². The second kappa shape index (κ2) is 7.18. The zero-order chi connectivity index (χ0) is 20.8. The Balaban J connectivity index is 2.02. The van der Waals surface area contributed by atoms with E-state index in [0.717, 1.165) is 23.0 Å². The first kappa shape index (κ1) is 19.4. The molecule has 150 valence electrons. The largest absolute Gasteiger partial charge is 0.416 e. The molecule has 4 rings (SSSR count). The van der Waals surface area contributed by atoms with Crippen molar-refractivity contribution in [2.45, 2.75) is 20.0 Å². The van der Waals surface area contributed by atoms with Crippen LogP contribution in [0.5, 0.6) is 0 Å². The number of alkyl halides is 3. The van der Waals surface area contributed by atoms with Crippen molar-refractivity contribution in [3.63, 3.8) is 0 Å². The molecule has 0 aliphatic carbocycles. The molecule has 0 fully saturated rings. The smallest absolute Gasteiger partial charge is 0.357 e. The van der Waals surface area contributed by atoms with Gasteiger partial charge in [0.2, 0.25) is 0 Å². The van der Waals surface area contributed by atoms with E-state index in [0.29, 0.717) is 40.8 Å². The first-order chi connectivity index (χ1) is 13.8. The lowest BCUT2D eigenvalue weighted by molar-refractivity contribution is -0.137. The monoisotopic (exact) mass is 419 g/mol. The van der Waals surface area contributed by atoms with Gasteiger partial charge in [0.1, 0.15) is 11.5 Å². The summed E-state index contributed by atoms with van der Waals surface area (Å²) >= 11 is 6.20. The van der Waals surface area contributed by atoms with E-state index in [1.807, 2.05) is 26.0 Å². The van der Waals surface area contributed by atoms with Gasteiger partial charge in [-0.15, -0.1) is 5.10 Å². The van der Waals surface area contributed by atoms with E-state index in [1.165, 1.54) is 10.6 Å². The van der Waals surface area contributed by atoms with Gasteiger partial charge in [0, 0.05) is 29.1 Å². The molecule has 0 spiro atoms. The van der Waals surface area contributed by atoms with E-state index in [2.05, 4.69) is 15.2 Å². The fourth-order valence-electron chi connectivity index (χ4n) is 3.37. The van der Waals surface area contributed by atoms with Crippen LogP contribution in [0.3, 0.4) is 0 Å². The fraction of sp³-hybridized carbons (Fsp3) is 0.250. The van der Waals surface area contributed by atoms with Crippen molar-refractivity contribution in [2.75, 3.05) is 18.0 Å². The highest BCUT2D eigenvalue weighted by Crippen LogP contribution is 2.34. The summed E-state index contributed by atoms with van der Waals surface area (Å²) in [6.45, 7) is 5.44. The topological polar surface area (TPSA) is 46.3 Å². The van der Waals surface area contributed by atoms with Crippen LogP contribution in [0.4, 0.5) is 19.0 Å². The zero-order valence-corrected chi connectivity index (χ0v) is 16.5. The summed E-state index contributed by atoms with van der Waals surface area (Å²) in [5, 5.41) is 9.66. The molecule has 0 aliphatic heterocycles. The molecule has 5 nitrogen and oxygen atoms in total. The molecule has 2 heterocycles. The molecule has 0 saturated heterocycles. The van der Waals surface area contributed by atoms with Crippen molar-refractivity contribution >= 4 is 34.0 Å². The summed E-state index contributed by atoms with van der Waals surface area (Å²) in [6, 6.07) is 10.4. The second-order valence-electron chi connectivity index (χ2n) is 6.52. The van der Waals surface area contributed by atoms with E-state index >= 15 is 0 Å². The Kier molecular flexibility index (Phi) is 4.82. The molecule has 0 bridgehead atoms. The molecule has 0 radical (unpaired) electrons. The molecular formula is C20H17ClF3N5. The molecule has 0 N–H and O–H groups in total. The summed E-state index contributed by atoms with van der Waals surface area (Å²) in [6.07, 6.45) is -4.44. The van der Waals surface area contributed by atoms with Gasteiger partial charge >= 0.3 is 6.18 Å². The number of hydrogen-bond donors (Lipinski definition) is 0. The number of halogens is 4. The van der Waals surface area contributed by atoms with E-state index in [1.54, 1.807) is 12.1 Å². The lowest BCUT2D eigenvalue weighted by Crippen LogP contribution is -2.23. The van der Waals surface area contributed by atoms with Crippen LogP contribution in [0.15, 0.2) is 42.5 Å². The van der Waals surface area contributed by atoms with Gasteiger partial charge in [-0.1, -0.05) is 28.9 Å². The zero-order valence-electron chi connectivity index (χ0n) is 15.7. The van der Waals surface area contributed by atoms with E-state index in [4.69, 9.17) is 16.6 Å². The summed E-state index contributed by atoms with van der Waals surface area (Å²) in [5.74, 6) is 0.690. The summed E-state index contributed by atoms with van der Waals surface area (Å²) < 4.78 is 41.0. The molecule has 29 heavy (non-hydrogen) atoms. The van der Waals surface area contributed by atoms with Crippen molar-refractivity contribution in [3.05, 3.63) is 53.1 Å². The number of aromatic nitrogens is 4. The molecule has 2 aromatic heterocycles. The lowest BCUT2D eigenvalue weighted by Gasteiger charge is -2.22. The Hall–Kier alpha value is -2.87. The van der Waals surface area contributed by atoms with Gasteiger partial charge in [-0.2, -0.15) is 17.7 Å². The first-order valence-electron chi connectivity index (χ1n) is 9.10. The number of benzene rings is 2. The Morgan fingerprint density at radius 2 is 1.83 bits per heavy atom. The van der Waals surface area contributed by atoms with Gasteiger partial charge in [0.05, 0.1) is 11.1 Å². The minimum atomic E-state index is -4.44. The minimum absolute atomic E-state index is 0.293. The molecule has 0 aliphatic rings. The van der Waals surface area contributed by atoms with Gasteiger partial charge in [0.15, 0.2) is 5.65 Å². The number of rotatable bonds is 4.